The van der Waals surface area contributed by atoms with E-state index in [1.807, 2.05) is 25.1 Å². The average molecular weight is 488 g/mol. The second-order valence-corrected chi connectivity index (χ2v) is 7.77. The van der Waals surface area contributed by atoms with Gasteiger partial charge in [0.2, 0.25) is 11.8 Å². The summed E-state index contributed by atoms with van der Waals surface area (Å²) in [7, 11) is 0. The molecule has 4 rings (SSSR count). The van der Waals surface area contributed by atoms with Crippen molar-refractivity contribution in [2.24, 2.45) is 5.73 Å². The molecule has 0 spiro atoms. The molecule has 2 heterocycles. The second kappa shape index (κ2) is 7.94. The molecular weight excluding hydrogens is 472 g/mol. The second-order valence-electron chi connectivity index (χ2n) is 6.50. The molecule has 2 aromatic carbocycles. The van der Waals surface area contributed by atoms with E-state index in [1.54, 1.807) is 18.2 Å². The highest BCUT2D eigenvalue weighted by Gasteiger charge is 2.36. The number of hydrogen-bond acceptors (Lipinski definition) is 6. The van der Waals surface area contributed by atoms with Gasteiger partial charge in [0.1, 0.15) is 11.6 Å². The van der Waals surface area contributed by atoms with Gasteiger partial charge in [-0.2, -0.15) is 5.26 Å². The molecular formula is C21H16BrClN4O3. The summed E-state index contributed by atoms with van der Waals surface area (Å²) in [6, 6.07) is 12.8. The minimum Gasteiger partial charge on any atom is -0.503 e. The number of benzene rings is 2. The quantitative estimate of drug-likeness (QED) is 0.486. The maximum Gasteiger partial charge on any atom is 0.244 e. The van der Waals surface area contributed by atoms with Crippen LogP contribution in [-0.4, -0.2) is 21.9 Å². The van der Waals surface area contributed by atoms with Crippen LogP contribution in [0.3, 0.4) is 0 Å². The third kappa shape index (κ3) is 3.26. The summed E-state index contributed by atoms with van der Waals surface area (Å²) in [5, 5.41) is 27.9. The first-order valence-electron chi connectivity index (χ1n) is 9.02. The van der Waals surface area contributed by atoms with Gasteiger partial charge in [-0.05, 0) is 46.6 Å². The van der Waals surface area contributed by atoms with Gasteiger partial charge < -0.3 is 20.3 Å². The van der Waals surface area contributed by atoms with E-state index in [1.165, 1.54) is 0 Å². The minimum atomic E-state index is -0.611. The zero-order chi connectivity index (χ0) is 21.4. The number of H-pyrrole nitrogens is 1. The van der Waals surface area contributed by atoms with Crippen LogP contribution < -0.4 is 15.2 Å². The van der Waals surface area contributed by atoms with E-state index in [-0.39, 0.29) is 28.8 Å². The van der Waals surface area contributed by atoms with Crippen LogP contribution in [0, 0.1) is 11.3 Å². The number of ether oxygens (including phenoxy) is 2. The van der Waals surface area contributed by atoms with E-state index in [0.717, 1.165) is 0 Å². The number of phenolic OH excluding ortho intramolecular Hbond substituents is 1. The Morgan fingerprint density at radius 1 is 1.40 bits per heavy atom. The van der Waals surface area contributed by atoms with Crippen LogP contribution in [-0.2, 0) is 0 Å². The number of nitrogens with two attached hydrogens (primary N) is 1. The van der Waals surface area contributed by atoms with Gasteiger partial charge in [0.25, 0.3) is 0 Å². The average Bonchev–Trinajstić information content (AvgIpc) is 3.13. The lowest BCUT2D eigenvalue weighted by Crippen LogP contribution is -2.21. The van der Waals surface area contributed by atoms with E-state index in [2.05, 4.69) is 32.2 Å². The summed E-state index contributed by atoms with van der Waals surface area (Å²) >= 11 is 9.77. The summed E-state index contributed by atoms with van der Waals surface area (Å²) in [5.41, 5.74) is 8.87. The van der Waals surface area contributed by atoms with Crippen molar-refractivity contribution in [1.29, 1.82) is 5.26 Å². The lowest BCUT2D eigenvalue weighted by molar-refractivity contribution is 0.316. The maximum atomic E-state index is 10.3. The Kier molecular flexibility index (Phi) is 5.33. The molecule has 0 fully saturated rings. The number of nitrogens with zero attached hydrogens (tertiary/aromatic N) is 2. The van der Waals surface area contributed by atoms with Crippen molar-refractivity contribution >= 4 is 27.5 Å². The summed E-state index contributed by atoms with van der Waals surface area (Å²) < 4.78 is 11.6. The molecule has 152 valence electrons. The van der Waals surface area contributed by atoms with Crippen LogP contribution in [0.5, 0.6) is 17.4 Å². The molecule has 9 heteroatoms. The number of aromatic nitrogens is 2. The number of halogens is 2. The number of phenols is 1. The minimum absolute atomic E-state index is 0.0261. The van der Waals surface area contributed by atoms with E-state index >= 15 is 0 Å². The number of aromatic amines is 1. The number of hydrogen-bond donors (Lipinski definition) is 3. The van der Waals surface area contributed by atoms with Gasteiger partial charge in [0, 0.05) is 10.6 Å². The van der Waals surface area contributed by atoms with Crippen LogP contribution in [0.2, 0.25) is 5.02 Å². The molecule has 1 atom stereocenters. The van der Waals surface area contributed by atoms with Crippen molar-refractivity contribution < 1.29 is 14.6 Å². The molecule has 0 radical (unpaired) electrons. The predicted octanol–water partition coefficient (Wildman–Crippen LogP) is 4.82. The van der Waals surface area contributed by atoms with Crippen LogP contribution in [0.1, 0.15) is 24.0 Å². The first-order valence-corrected chi connectivity index (χ1v) is 10.2. The van der Waals surface area contributed by atoms with Crippen molar-refractivity contribution in [3.05, 3.63) is 68.5 Å². The smallest absolute Gasteiger partial charge is 0.244 e. The fourth-order valence-electron chi connectivity index (χ4n) is 3.47. The SMILES string of the molecule is CCOc1cc(C2C(C#N)=C(N)Oc3n[nH]c(-c4ccccc4Cl)c32)cc(Br)c1O. The first kappa shape index (κ1) is 20.1. The molecule has 30 heavy (non-hydrogen) atoms. The fraction of sp³-hybridized carbons (Fsp3) is 0.143. The molecule has 7 nitrogen and oxygen atoms in total. The van der Waals surface area contributed by atoms with Gasteiger partial charge in [-0.15, -0.1) is 5.10 Å². The molecule has 0 saturated heterocycles. The molecule has 1 unspecified atom stereocenters. The Morgan fingerprint density at radius 2 is 2.17 bits per heavy atom. The van der Waals surface area contributed by atoms with Gasteiger partial charge in [-0.25, -0.2) is 0 Å². The molecule has 0 amide bonds. The Balaban J connectivity index is 1.98. The number of allylic oxidation sites excluding steroid dienone is 1. The van der Waals surface area contributed by atoms with Gasteiger partial charge >= 0.3 is 0 Å². The molecule has 4 N–H and O–H groups in total. The van der Waals surface area contributed by atoms with Gasteiger partial charge in [0.15, 0.2) is 11.5 Å². The highest BCUT2D eigenvalue weighted by Crippen LogP contribution is 2.49. The van der Waals surface area contributed by atoms with Crippen LogP contribution in [0.4, 0.5) is 0 Å². The van der Waals surface area contributed by atoms with Gasteiger partial charge in [-0.1, -0.05) is 29.8 Å². The number of nitrogens with one attached hydrogen (secondary N) is 1. The van der Waals surface area contributed by atoms with E-state index in [0.29, 0.717) is 38.5 Å². The van der Waals surface area contributed by atoms with Crippen molar-refractivity contribution in [3.63, 3.8) is 0 Å². The lowest BCUT2D eigenvalue weighted by atomic mass is 9.83. The lowest BCUT2D eigenvalue weighted by Gasteiger charge is -2.25. The summed E-state index contributed by atoms with van der Waals surface area (Å²) in [4.78, 5) is 0. The zero-order valence-electron chi connectivity index (χ0n) is 15.7. The third-order valence-corrected chi connectivity index (χ3v) is 5.70. The van der Waals surface area contributed by atoms with Crippen LogP contribution in [0.25, 0.3) is 11.3 Å². The molecule has 0 aliphatic carbocycles. The molecule has 1 aliphatic rings. The monoisotopic (exact) mass is 486 g/mol. The Morgan fingerprint density at radius 3 is 2.87 bits per heavy atom. The van der Waals surface area contributed by atoms with Crippen LogP contribution >= 0.6 is 27.5 Å². The largest absolute Gasteiger partial charge is 0.503 e. The first-order chi connectivity index (χ1) is 14.5. The van der Waals surface area contributed by atoms with Crippen LogP contribution in [0.15, 0.2) is 52.3 Å². The highest BCUT2D eigenvalue weighted by atomic mass is 79.9. The molecule has 1 aromatic heterocycles. The predicted molar refractivity (Wildman–Crippen MR) is 115 cm³/mol. The van der Waals surface area contributed by atoms with Crippen molar-refractivity contribution in [3.8, 4) is 34.7 Å². The summed E-state index contributed by atoms with van der Waals surface area (Å²) in [6.07, 6.45) is 0. The highest BCUT2D eigenvalue weighted by molar-refractivity contribution is 9.10. The third-order valence-electron chi connectivity index (χ3n) is 4.77. The summed E-state index contributed by atoms with van der Waals surface area (Å²) in [6.45, 7) is 2.18. The van der Waals surface area contributed by atoms with E-state index in [9.17, 15) is 10.4 Å². The van der Waals surface area contributed by atoms with Gasteiger partial charge in [0.05, 0.1) is 28.3 Å². The summed E-state index contributed by atoms with van der Waals surface area (Å²) in [5.74, 6) is -0.127. The zero-order valence-corrected chi connectivity index (χ0v) is 18.1. The normalized spacial score (nSPS) is 15.3. The molecule has 0 bridgehead atoms. The van der Waals surface area contributed by atoms with Crippen molar-refractivity contribution in [2.45, 2.75) is 12.8 Å². The van der Waals surface area contributed by atoms with Crippen molar-refractivity contribution in [2.75, 3.05) is 6.61 Å². The van der Waals surface area contributed by atoms with Crippen molar-refractivity contribution in [1.82, 2.24) is 10.2 Å². The van der Waals surface area contributed by atoms with E-state index in [4.69, 9.17) is 26.8 Å². The Bertz CT molecular complexity index is 1220. The number of nitriles is 1. The van der Waals surface area contributed by atoms with Gasteiger partial charge in [-0.3, -0.25) is 5.10 Å². The Labute approximate surface area is 185 Å². The maximum absolute atomic E-state index is 10.3. The molecule has 3 aromatic rings. The number of fused-ring (bicyclic) bond motifs is 1. The molecule has 0 saturated carbocycles. The van der Waals surface area contributed by atoms with E-state index < -0.39 is 5.92 Å². The number of aromatic hydroxyl groups is 1. The molecule has 1 aliphatic heterocycles. The fourth-order valence-corrected chi connectivity index (χ4v) is 4.16. The standard InChI is InChI=1S/C21H16BrClN4O3/c1-2-29-15-8-10(7-13(22)19(15)28)16-12(9-24)20(25)30-21-17(16)18(26-27-21)11-5-3-4-6-14(11)23/h3-8,16,28H,2,25H2,1H3,(H,26,27). The number of rotatable bonds is 4. The topological polar surface area (TPSA) is 117 Å². The Hall–Kier alpha value is -3.15.